The van der Waals surface area contributed by atoms with Crippen molar-refractivity contribution in [3.8, 4) is 5.75 Å². The number of carbonyl (C=O) groups is 1. The maximum atomic E-state index is 13.0. The summed E-state index contributed by atoms with van der Waals surface area (Å²) in [5, 5.41) is 2.80. The molecule has 2 heterocycles. The molecule has 1 amide bonds. The number of amides is 1. The topological polar surface area (TPSA) is 60.0 Å². The molecule has 28 heavy (non-hydrogen) atoms. The molecule has 2 unspecified atom stereocenters. The minimum Gasteiger partial charge on any atom is -0.483 e. The van der Waals surface area contributed by atoms with E-state index in [-0.39, 0.29) is 11.8 Å². The molecule has 2 aliphatic rings. The predicted octanol–water partition coefficient (Wildman–Crippen LogP) is 1.94. The highest BCUT2D eigenvalue weighted by atomic mass is 19.4. The minimum atomic E-state index is -4.53. The van der Waals surface area contributed by atoms with E-state index in [0.29, 0.717) is 38.9 Å². The summed E-state index contributed by atoms with van der Waals surface area (Å²) in [4.78, 5) is 14.5. The van der Waals surface area contributed by atoms with Crippen molar-refractivity contribution in [3.05, 3.63) is 29.8 Å². The molecule has 156 valence electrons. The van der Waals surface area contributed by atoms with Gasteiger partial charge in [0.15, 0.2) is 6.61 Å². The Bertz CT molecular complexity index is 644. The largest absolute Gasteiger partial charge is 0.483 e. The van der Waals surface area contributed by atoms with Crippen molar-refractivity contribution >= 4 is 5.91 Å². The van der Waals surface area contributed by atoms with E-state index in [2.05, 4.69) is 10.2 Å². The quantitative estimate of drug-likeness (QED) is 0.756. The van der Waals surface area contributed by atoms with E-state index in [1.807, 2.05) is 0 Å². The number of halogens is 3. The maximum Gasteiger partial charge on any atom is 0.419 e. The second-order valence-electron chi connectivity index (χ2n) is 6.93. The molecule has 2 aliphatic heterocycles. The molecule has 2 fully saturated rings. The molecule has 2 saturated heterocycles. The van der Waals surface area contributed by atoms with Crippen LogP contribution in [0, 0.1) is 5.92 Å². The summed E-state index contributed by atoms with van der Waals surface area (Å²) in [7, 11) is 0. The van der Waals surface area contributed by atoms with Crippen LogP contribution in [-0.4, -0.2) is 69.5 Å². The lowest BCUT2D eigenvalue weighted by Gasteiger charge is -2.37. The summed E-state index contributed by atoms with van der Waals surface area (Å²) in [5.74, 6) is -0.488. The van der Waals surface area contributed by atoms with Crippen LogP contribution in [0.5, 0.6) is 5.75 Å². The van der Waals surface area contributed by atoms with Crippen LogP contribution in [0.2, 0.25) is 0 Å². The fraction of sp³-hybridized carbons (Fsp3) is 0.632. The van der Waals surface area contributed by atoms with Crippen LogP contribution < -0.4 is 10.1 Å². The first-order chi connectivity index (χ1) is 13.4. The molecule has 1 aromatic carbocycles. The molecule has 1 aromatic rings. The van der Waals surface area contributed by atoms with E-state index >= 15 is 0 Å². The van der Waals surface area contributed by atoms with Crippen molar-refractivity contribution in [2.45, 2.75) is 18.6 Å². The van der Waals surface area contributed by atoms with Crippen molar-refractivity contribution in [1.82, 2.24) is 10.2 Å². The van der Waals surface area contributed by atoms with Gasteiger partial charge >= 0.3 is 6.18 Å². The Morgan fingerprint density at radius 2 is 1.96 bits per heavy atom. The van der Waals surface area contributed by atoms with Crippen molar-refractivity contribution in [2.75, 3.05) is 52.7 Å². The number of morpholine rings is 1. The third-order valence-electron chi connectivity index (χ3n) is 5.08. The molecule has 0 saturated carbocycles. The van der Waals surface area contributed by atoms with Gasteiger partial charge in [-0.15, -0.1) is 0 Å². The van der Waals surface area contributed by atoms with Gasteiger partial charge in [0.25, 0.3) is 5.91 Å². The van der Waals surface area contributed by atoms with E-state index in [1.165, 1.54) is 18.2 Å². The molecule has 2 atom stereocenters. The van der Waals surface area contributed by atoms with Gasteiger partial charge in [0.1, 0.15) is 5.75 Å². The lowest BCUT2D eigenvalue weighted by molar-refractivity contribution is -0.139. The number of benzene rings is 1. The Labute approximate surface area is 161 Å². The second kappa shape index (κ2) is 9.58. The Hall–Kier alpha value is -1.84. The standard InChI is InChI=1S/C19H25F3N2O4/c20-19(21,22)15-3-1-2-4-17(15)28-13-18(25)23-11-16(14-5-8-27-12-14)24-6-9-26-10-7-24/h1-4,14,16H,5-13H2,(H,23,25). The van der Waals surface area contributed by atoms with Gasteiger partial charge in [0.05, 0.1) is 25.4 Å². The maximum absolute atomic E-state index is 13.0. The number of rotatable bonds is 7. The lowest BCUT2D eigenvalue weighted by Crippen LogP contribution is -2.52. The number of alkyl halides is 3. The summed E-state index contributed by atoms with van der Waals surface area (Å²) in [6.45, 7) is 4.15. The first-order valence-corrected chi connectivity index (χ1v) is 9.40. The number of nitrogens with one attached hydrogen (secondary N) is 1. The van der Waals surface area contributed by atoms with Crippen LogP contribution in [0.4, 0.5) is 13.2 Å². The third-order valence-corrected chi connectivity index (χ3v) is 5.08. The van der Waals surface area contributed by atoms with Crippen molar-refractivity contribution in [2.24, 2.45) is 5.92 Å². The molecule has 1 N–H and O–H groups in total. The van der Waals surface area contributed by atoms with Gasteiger partial charge in [0.2, 0.25) is 0 Å². The Morgan fingerprint density at radius 1 is 1.21 bits per heavy atom. The molecule has 6 nitrogen and oxygen atoms in total. The summed E-state index contributed by atoms with van der Waals surface area (Å²) >= 11 is 0. The zero-order valence-electron chi connectivity index (χ0n) is 15.5. The molecule has 0 aromatic heterocycles. The highest BCUT2D eigenvalue weighted by Crippen LogP contribution is 2.35. The normalized spacial score (nSPS) is 22.0. The minimum absolute atomic E-state index is 0.109. The first-order valence-electron chi connectivity index (χ1n) is 9.40. The number of para-hydroxylation sites is 1. The Balaban J connectivity index is 1.53. The van der Waals surface area contributed by atoms with E-state index in [1.54, 1.807) is 0 Å². The van der Waals surface area contributed by atoms with Crippen LogP contribution in [0.25, 0.3) is 0 Å². The average molecular weight is 402 g/mol. The van der Waals surface area contributed by atoms with Crippen LogP contribution >= 0.6 is 0 Å². The number of nitrogens with zero attached hydrogens (tertiary/aromatic N) is 1. The van der Waals surface area contributed by atoms with Gasteiger partial charge in [-0.25, -0.2) is 0 Å². The zero-order valence-corrected chi connectivity index (χ0v) is 15.5. The second-order valence-corrected chi connectivity index (χ2v) is 6.93. The van der Waals surface area contributed by atoms with Crippen molar-refractivity contribution < 1.29 is 32.2 Å². The van der Waals surface area contributed by atoms with Gasteiger partial charge < -0.3 is 19.5 Å². The molecular weight excluding hydrogens is 377 g/mol. The lowest BCUT2D eigenvalue weighted by atomic mass is 9.97. The number of hydrogen-bond donors (Lipinski definition) is 1. The van der Waals surface area contributed by atoms with E-state index in [4.69, 9.17) is 14.2 Å². The summed E-state index contributed by atoms with van der Waals surface area (Å²) in [6.07, 6.45) is -3.61. The molecule has 0 aliphatic carbocycles. The van der Waals surface area contributed by atoms with Crippen LogP contribution in [0.1, 0.15) is 12.0 Å². The summed E-state index contributed by atoms with van der Waals surface area (Å²) < 4.78 is 55.0. The van der Waals surface area contributed by atoms with Gasteiger partial charge in [-0.1, -0.05) is 12.1 Å². The fourth-order valence-electron chi connectivity index (χ4n) is 3.60. The first kappa shape index (κ1) is 20.9. The summed E-state index contributed by atoms with van der Waals surface area (Å²) in [5.41, 5.74) is -0.892. The zero-order chi connectivity index (χ0) is 20.0. The van der Waals surface area contributed by atoms with Gasteiger partial charge in [0, 0.05) is 38.2 Å². The molecule has 3 rings (SSSR count). The summed E-state index contributed by atoms with van der Waals surface area (Å²) in [6, 6.07) is 4.98. The number of ether oxygens (including phenoxy) is 3. The SMILES string of the molecule is O=C(COc1ccccc1C(F)(F)F)NCC(C1CCOC1)N1CCOCC1. The molecule has 0 spiro atoms. The third kappa shape index (κ3) is 5.59. The monoisotopic (exact) mass is 402 g/mol. The van der Waals surface area contributed by atoms with Crippen molar-refractivity contribution in [3.63, 3.8) is 0 Å². The molecule has 0 radical (unpaired) electrons. The Morgan fingerprint density at radius 3 is 2.64 bits per heavy atom. The van der Waals surface area contributed by atoms with Gasteiger partial charge in [-0.2, -0.15) is 13.2 Å². The van der Waals surface area contributed by atoms with Gasteiger partial charge in [-0.3, -0.25) is 9.69 Å². The van der Waals surface area contributed by atoms with E-state index in [9.17, 15) is 18.0 Å². The fourth-order valence-corrected chi connectivity index (χ4v) is 3.60. The van der Waals surface area contributed by atoms with Crippen LogP contribution in [-0.2, 0) is 20.4 Å². The predicted molar refractivity (Wildman–Crippen MR) is 95.1 cm³/mol. The van der Waals surface area contributed by atoms with E-state index < -0.39 is 24.3 Å². The van der Waals surface area contributed by atoms with Crippen LogP contribution in [0.3, 0.4) is 0 Å². The molecule has 9 heteroatoms. The van der Waals surface area contributed by atoms with E-state index in [0.717, 1.165) is 25.6 Å². The van der Waals surface area contributed by atoms with Gasteiger partial charge in [-0.05, 0) is 18.6 Å². The average Bonchev–Trinajstić information content (AvgIpc) is 3.21. The Kier molecular flexibility index (Phi) is 7.14. The highest BCUT2D eigenvalue weighted by molar-refractivity contribution is 5.77. The smallest absolute Gasteiger partial charge is 0.419 e. The molecule has 0 bridgehead atoms. The van der Waals surface area contributed by atoms with Crippen LogP contribution in [0.15, 0.2) is 24.3 Å². The number of hydrogen-bond acceptors (Lipinski definition) is 5. The number of carbonyl (C=O) groups excluding carboxylic acids is 1. The molecular formula is C19H25F3N2O4. The highest BCUT2D eigenvalue weighted by Gasteiger charge is 2.34. The van der Waals surface area contributed by atoms with Crippen molar-refractivity contribution in [1.29, 1.82) is 0 Å².